The van der Waals surface area contributed by atoms with Gasteiger partial charge in [-0.25, -0.2) is 0 Å². The molecule has 1 unspecified atom stereocenters. The van der Waals surface area contributed by atoms with Crippen molar-refractivity contribution in [3.05, 3.63) is 34.9 Å². The Labute approximate surface area is 91.5 Å². The molecule has 0 saturated carbocycles. The van der Waals surface area contributed by atoms with E-state index in [2.05, 4.69) is 38.1 Å². The van der Waals surface area contributed by atoms with Crippen LogP contribution in [0.1, 0.15) is 29.0 Å². The van der Waals surface area contributed by atoms with Crippen molar-refractivity contribution in [3.8, 4) is 6.07 Å². The summed E-state index contributed by atoms with van der Waals surface area (Å²) in [6.45, 7) is 4.76. The van der Waals surface area contributed by atoms with Crippen LogP contribution in [0.25, 0.3) is 0 Å². The van der Waals surface area contributed by atoms with E-state index in [-0.39, 0.29) is 5.92 Å². The number of methoxy groups -OCH3 is 1. The number of benzene rings is 1. The maximum atomic E-state index is 8.76. The fraction of sp³-hybridized carbons (Fsp3) is 0.462. The molecule has 2 nitrogen and oxygen atoms in total. The predicted molar refractivity (Wildman–Crippen MR) is 60.8 cm³/mol. The third kappa shape index (κ3) is 3.38. The molecular weight excluding hydrogens is 186 g/mol. The molecule has 0 spiro atoms. The molecule has 0 bridgehead atoms. The van der Waals surface area contributed by atoms with E-state index in [1.165, 1.54) is 16.7 Å². The molecule has 0 amide bonds. The molecule has 15 heavy (non-hydrogen) atoms. The highest BCUT2D eigenvalue weighted by atomic mass is 16.5. The highest BCUT2D eigenvalue weighted by molar-refractivity contribution is 5.31. The van der Waals surface area contributed by atoms with E-state index in [1.807, 2.05) is 0 Å². The van der Waals surface area contributed by atoms with Gasteiger partial charge in [0.15, 0.2) is 0 Å². The van der Waals surface area contributed by atoms with E-state index in [0.29, 0.717) is 13.0 Å². The minimum atomic E-state index is 0.193. The van der Waals surface area contributed by atoms with Crippen LogP contribution in [-0.4, -0.2) is 13.7 Å². The normalized spacial score (nSPS) is 12.1. The summed E-state index contributed by atoms with van der Waals surface area (Å²) in [5.41, 5.74) is 3.68. The van der Waals surface area contributed by atoms with E-state index in [0.717, 1.165) is 0 Å². The second-order valence-corrected chi connectivity index (χ2v) is 3.94. The first-order valence-electron chi connectivity index (χ1n) is 5.11. The van der Waals surface area contributed by atoms with Gasteiger partial charge < -0.3 is 4.74 Å². The summed E-state index contributed by atoms with van der Waals surface area (Å²) >= 11 is 0. The Morgan fingerprint density at radius 2 is 1.87 bits per heavy atom. The Kier molecular flexibility index (Phi) is 4.33. The van der Waals surface area contributed by atoms with Crippen LogP contribution in [0.15, 0.2) is 18.2 Å². The maximum Gasteiger partial charge on any atom is 0.0629 e. The molecule has 0 fully saturated rings. The van der Waals surface area contributed by atoms with Crippen LogP contribution in [-0.2, 0) is 4.74 Å². The van der Waals surface area contributed by atoms with Crippen molar-refractivity contribution >= 4 is 0 Å². The van der Waals surface area contributed by atoms with E-state index in [4.69, 9.17) is 10.00 Å². The Bertz CT molecular complexity index is 345. The number of nitriles is 1. The van der Waals surface area contributed by atoms with Crippen molar-refractivity contribution in [2.24, 2.45) is 0 Å². The van der Waals surface area contributed by atoms with Gasteiger partial charge in [0.05, 0.1) is 12.7 Å². The van der Waals surface area contributed by atoms with E-state index < -0.39 is 0 Å². The van der Waals surface area contributed by atoms with Crippen molar-refractivity contribution in [1.82, 2.24) is 0 Å². The summed E-state index contributed by atoms with van der Waals surface area (Å²) in [5.74, 6) is 0.193. The summed E-state index contributed by atoms with van der Waals surface area (Å²) in [6, 6.07) is 8.61. The first-order chi connectivity index (χ1) is 7.17. The molecule has 1 aromatic carbocycles. The van der Waals surface area contributed by atoms with Crippen molar-refractivity contribution in [2.45, 2.75) is 26.2 Å². The lowest BCUT2D eigenvalue weighted by atomic mass is 9.94. The first-order valence-corrected chi connectivity index (χ1v) is 5.11. The number of hydrogen-bond donors (Lipinski definition) is 0. The summed E-state index contributed by atoms with van der Waals surface area (Å²) < 4.78 is 5.14. The second kappa shape index (κ2) is 5.53. The van der Waals surface area contributed by atoms with E-state index in [1.54, 1.807) is 7.11 Å². The molecular formula is C13H17NO. The van der Waals surface area contributed by atoms with E-state index in [9.17, 15) is 0 Å². The third-order valence-electron chi connectivity index (χ3n) is 2.42. The fourth-order valence-electron chi connectivity index (χ4n) is 1.83. The van der Waals surface area contributed by atoms with Gasteiger partial charge in [0.1, 0.15) is 0 Å². The molecule has 0 heterocycles. The quantitative estimate of drug-likeness (QED) is 0.753. The van der Waals surface area contributed by atoms with Crippen LogP contribution in [0.4, 0.5) is 0 Å². The number of ether oxygens (including phenoxy) is 1. The molecule has 0 aliphatic carbocycles. The molecule has 2 heteroatoms. The average molecular weight is 203 g/mol. The average Bonchev–Trinajstić information content (AvgIpc) is 2.16. The number of nitrogens with zero attached hydrogens (tertiary/aromatic N) is 1. The number of rotatable bonds is 4. The Hall–Kier alpha value is -1.33. The molecule has 0 aromatic heterocycles. The van der Waals surface area contributed by atoms with Gasteiger partial charge >= 0.3 is 0 Å². The van der Waals surface area contributed by atoms with Crippen LogP contribution in [0, 0.1) is 25.2 Å². The zero-order valence-corrected chi connectivity index (χ0v) is 9.58. The van der Waals surface area contributed by atoms with Crippen LogP contribution in [0.5, 0.6) is 0 Å². The van der Waals surface area contributed by atoms with Crippen LogP contribution in [0.2, 0.25) is 0 Å². The van der Waals surface area contributed by atoms with Gasteiger partial charge in [-0.05, 0) is 19.4 Å². The molecule has 1 aromatic rings. The molecule has 1 rings (SSSR count). The fourth-order valence-corrected chi connectivity index (χ4v) is 1.83. The Morgan fingerprint density at radius 3 is 2.33 bits per heavy atom. The monoisotopic (exact) mass is 203 g/mol. The Morgan fingerprint density at radius 1 is 1.27 bits per heavy atom. The molecule has 0 saturated heterocycles. The molecule has 0 aliphatic rings. The second-order valence-electron chi connectivity index (χ2n) is 3.94. The summed E-state index contributed by atoms with van der Waals surface area (Å²) in [5, 5.41) is 8.76. The summed E-state index contributed by atoms with van der Waals surface area (Å²) in [7, 11) is 1.67. The van der Waals surface area contributed by atoms with Crippen molar-refractivity contribution in [2.75, 3.05) is 13.7 Å². The summed E-state index contributed by atoms with van der Waals surface area (Å²) in [4.78, 5) is 0. The third-order valence-corrected chi connectivity index (χ3v) is 2.42. The van der Waals surface area contributed by atoms with Crippen molar-refractivity contribution in [1.29, 1.82) is 5.26 Å². The predicted octanol–water partition coefficient (Wildman–Crippen LogP) is 2.95. The van der Waals surface area contributed by atoms with Gasteiger partial charge in [0.2, 0.25) is 0 Å². The number of aryl methyl sites for hydroxylation is 2. The molecule has 0 N–H and O–H groups in total. The zero-order valence-electron chi connectivity index (χ0n) is 9.58. The smallest absolute Gasteiger partial charge is 0.0629 e. The first kappa shape index (κ1) is 11.7. The topological polar surface area (TPSA) is 33.0 Å². The zero-order chi connectivity index (χ0) is 11.3. The molecule has 80 valence electrons. The largest absolute Gasteiger partial charge is 0.384 e. The Balaban J connectivity index is 2.95. The minimum Gasteiger partial charge on any atom is -0.384 e. The van der Waals surface area contributed by atoms with Crippen LogP contribution < -0.4 is 0 Å². The number of hydrogen-bond acceptors (Lipinski definition) is 2. The van der Waals surface area contributed by atoms with Crippen molar-refractivity contribution < 1.29 is 4.74 Å². The summed E-state index contributed by atoms with van der Waals surface area (Å²) in [6.07, 6.45) is 0.511. The maximum absolute atomic E-state index is 8.76. The SMILES string of the molecule is COCC(CC#N)c1cc(C)cc(C)c1. The standard InChI is InChI=1S/C13H17NO/c1-10-6-11(2)8-13(7-10)12(4-5-14)9-15-3/h6-8,12H,4,9H2,1-3H3. The van der Waals surface area contributed by atoms with E-state index >= 15 is 0 Å². The van der Waals surface area contributed by atoms with Crippen LogP contribution >= 0.6 is 0 Å². The minimum absolute atomic E-state index is 0.193. The van der Waals surface area contributed by atoms with Gasteiger partial charge in [0, 0.05) is 19.4 Å². The van der Waals surface area contributed by atoms with Gasteiger partial charge in [-0.15, -0.1) is 0 Å². The van der Waals surface area contributed by atoms with Gasteiger partial charge in [-0.1, -0.05) is 29.3 Å². The highest BCUT2D eigenvalue weighted by Gasteiger charge is 2.11. The van der Waals surface area contributed by atoms with Crippen molar-refractivity contribution in [3.63, 3.8) is 0 Å². The van der Waals surface area contributed by atoms with Gasteiger partial charge in [0.25, 0.3) is 0 Å². The molecule has 0 aliphatic heterocycles. The van der Waals surface area contributed by atoms with Gasteiger partial charge in [-0.2, -0.15) is 5.26 Å². The lowest BCUT2D eigenvalue weighted by molar-refractivity contribution is 0.180. The van der Waals surface area contributed by atoms with Crippen LogP contribution in [0.3, 0.4) is 0 Å². The molecule has 0 radical (unpaired) electrons. The molecule has 1 atom stereocenters. The lowest BCUT2D eigenvalue weighted by Crippen LogP contribution is -2.06. The lowest BCUT2D eigenvalue weighted by Gasteiger charge is -2.14. The van der Waals surface area contributed by atoms with Gasteiger partial charge in [-0.3, -0.25) is 0 Å². The highest BCUT2D eigenvalue weighted by Crippen LogP contribution is 2.22.